The van der Waals surface area contributed by atoms with E-state index in [0.717, 1.165) is 51.0 Å². The molecule has 0 spiro atoms. The van der Waals surface area contributed by atoms with Gasteiger partial charge in [0.1, 0.15) is 6.04 Å². The van der Waals surface area contributed by atoms with Gasteiger partial charge in [0.25, 0.3) is 0 Å². The molecule has 1 aromatic heterocycles. The van der Waals surface area contributed by atoms with Crippen LogP contribution in [0.25, 0.3) is 0 Å². The molecule has 3 nitrogen and oxygen atoms in total. The van der Waals surface area contributed by atoms with Gasteiger partial charge in [-0.3, -0.25) is 9.69 Å². The quantitative estimate of drug-likeness (QED) is 0.847. The Morgan fingerprint density at radius 1 is 1.00 bits per heavy atom. The Morgan fingerprint density at radius 3 is 2.58 bits per heavy atom. The van der Waals surface area contributed by atoms with E-state index in [1.165, 1.54) is 16.9 Å². The second-order valence-electron chi connectivity index (χ2n) is 6.79. The first-order valence-corrected chi connectivity index (χ1v) is 9.84. The summed E-state index contributed by atoms with van der Waals surface area (Å²) in [5.74, 6) is 0.291. The topological polar surface area (TPSA) is 23.6 Å². The van der Waals surface area contributed by atoms with Crippen molar-refractivity contribution in [3.05, 3.63) is 57.8 Å². The van der Waals surface area contributed by atoms with E-state index in [0.29, 0.717) is 5.91 Å². The molecule has 1 atom stereocenters. The number of likely N-dealkylation sites (tertiary alicyclic amines) is 1. The SMILES string of the molecule is O=C([C@H](c1ccccc1)N1CCc2sccc2C1)N1CCCCC1. The standard InChI is InChI=1S/C20H24N2OS/c23-20(21-11-5-2-6-12-21)19(16-7-3-1-4-8-16)22-13-9-18-17(15-22)10-14-24-18/h1,3-4,7-8,10,14,19H,2,5-6,9,11-13,15H2/t19-/m0/s1. The van der Waals surface area contributed by atoms with Crippen molar-refractivity contribution >= 4 is 17.2 Å². The van der Waals surface area contributed by atoms with Crippen LogP contribution in [0.15, 0.2) is 41.8 Å². The fourth-order valence-corrected chi connectivity index (χ4v) is 4.81. The van der Waals surface area contributed by atoms with Gasteiger partial charge in [0.05, 0.1) is 0 Å². The van der Waals surface area contributed by atoms with Crippen LogP contribution >= 0.6 is 11.3 Å². The number of hydrogen-bond acceptors (Lipinski definition) is 3. The maximum Gasteiger partial charge on any atom is 0.244 e. The molecule has 4 rings (SSSR count). The lowest BCUT2D eigenvalue weighted by molar-refractivity contribution is -0.138. The molecule has 1 aromatic carbocycles. The van der Waals surface area contributed by atoms with Crippen LogP contribution < -0.4 is 0 Å². The Bertz CT molecular complexity index is 691. The number of amides is 1. The second-order valence-corrected chi connectivity index (χ2v) is 7.79. The molecule has 0 N–H and O–H groups in total. The van der Waals surface area contributed by atoms with Crippen LogP contribution in [0.2, 0.25) is 0 Å². The first-order valence-electron chi connectivity index (χ1n) is 8.96. The average molecular weight is 340 g/mol. The molecule has 24 heavy (non-hydrogen) atoms. The Balaban J connectivity index is 1.62. The highest BCUT2D eigenvalue weighted by Crippen LogP contribution is 2.32. The second kappa shape index (κ2) is 7.08. The Kier molecular flexibility index (Phi) is 4.67. The van der Waals surface area contributed by atoms with E-state index in [2.05, 4.69) is 33.4 Å². The third-order valence-corrected chi connectivity index (χ3v) is 6.24. The van der Waals surface area contributed by atoms with Crippen molar-refractivity contribution in [1.29, 1.82) is 0 Å². The first kappa shape index (κ1) is 15.9. The average Bonchev–Trinajstić information content (AvgIpc) is 3.11. The fraction of sp³-hybridized carbons (Fsp3) is 0.450. The number of carbonyl (C=O) groups is 1. The van der Waals surface area contributed by atoms with Crippen molar-refractivity contribution in [1.82, 2.24) is 9.80 Å². The lowest BCUT2D eigenvalue weighted by Crippen LogP contribution is -2.46. The summed E-state index contributed by atoms with van der Waals surface area (Å²) in [6.45, 7) is 3.68. The number of benzene rings is 1. The normalized spacial score (nSPS) is 19.8. The van der Waals surface area contributed by atoms with E-state index in [-0.39, 0.29) is 6.04 Å². The summed E-state index contributed by atoms with van der Waals surface area (Å²) in [5, 5.41) is 2.18. The highest BCUT2D eigenvalue weighted by molar-refractivity contribution is 7.10. The summed E-state index contributed by atoms with van der Waals surface area (Å²) >= 11 is 1.85. The third kappa shape index (κ3) is 3.13. The Morgan fingerprint density at radius 2 is 1.79 bits per heavy atom. The lowest BCUT2D eigenvalue weighted by Gasteiger charge is -2.38. The molecule has 0 bridgehead atoms. The number of carbonyl (C=O) groups excluding carboxylic acids is 1. The molecule has 1 fully saturated rings. The van der Waals surface area contributed by atoms with E-state index in [1.807, 2.05) is 29.5 Å². The van der Waals surface area contributed by atoms with Gasteiger partial charge in [-0.15, -0.1) is 11.3 Å². The van der Waals surface area contributed by atoms with Crippen molar-refractivity contribution in [2.45, 2.75) is 38.3 Å². The van der Waals surface area contributed by atoms with Crippen LogP contribution in [0.4, 0.5) is 0 Å². The van der Waals surface area contributed by atoms with Gasteiger partial charge in [-0.25, -0.2) is 0 Å². The summed E-state index contributed by atoms with van der Waals surface area (Å²) < 4.78 is 0. The first-order chi connectivity index (χ1) is 11.8. The zero-order valence-electron chi connectivity index (χ0n) is 14.0. The smallest absolute Gasteiger partial charge is 0.244 e. The minimum atomic E-state index is -0.141. The van der Waals surface area contributed by atoms with Crippen LogP contribution in [-0.2, 0) is 17.8 Å². The predicted octanol–water partition coefficient (Wildman–Crippen LogP) is 3.86. The van der Waals surface area contributed by atoms with Crippen molar-refractivity contribution in [2.75, 3.05) is 19.6 Å². The zero-order valence-corrected chi connectivity index (χ0v) is 14.8. The van der Waals surface area contributed by atoms with Gasteiger partial charge in [0, 0.05) is 31.1 Å². The molecule has 0 radical (unpaired) electrons. The van der Waals surface area contributed by atoms with E-state index in [4.69, 9.17) is 0 Å². The van der Waals surface area contributed by atoms with Crippen molar-refractivity contribution in [3.63, 3.8) is 0 Å². The number of nitrogens with zero attached hydrogens (tertiary/aromatic N) is 2. The minimum absolute atomic E-state index is 0.141. The van der Waals surface area contributed by atoms with Crippen LogP contribution in [0.3, 0.4) is 0 Å². The molecule has 2 aliphatic rings. The monoisotopic (exact) mass is 340 g/mol. The van der Waals surface area contributed by atoms with E-state index < -0.39 is 0 Å². The van der Waals surface area contributed by atoms with Crippen LogP contribution in [0.5, 0.6) is 0 Å². The van der Waals surface area contributed by atoms with Crippen molar-refractivity contribution < 1.29 is 4.79 Å². The van der Waals surface area contributed by atoms with Crippen molar-refractivity contribution in [2.24, 2.45) is 0 Å². The number of fused-ring (bicyclic) bond motifs is 1. The van der Waals surface area contributed by atoms with Crippen LogP contribution in [0.1, 0.15) is 41.3 Å². The molecule has 3 heterocycles. The molecular weight excluding hydrogens is 316 g/mol. The molecule has 1 saturated heterocycles. The molecule has 2 aliphatic heterocycles. The summed E-state index contributed by atoms with van der Waals surface area (Å²) in [5.41, 5.74) is 2.53. The predicted molar refractivity (Wildman–Crippen MR) is 98.0 cm³/mol. The van der Waals surface area contributed by atoms with Gasteiger partial charge >= 0.3 is 0 Å². The molecule has 126 valence electrons. The molecule has 0 saturated carbocycles. The fourth-order valence-electron chi connectivity index (χ4n) is 3.92. The van der Waals surface area contributed by atoms with E-state index in [1.54, 1.807) is 0 Å². The molecule has 1 amide bonds. The van der Waals surface area contributed by atoms with E-state index in [9.17, 15) is 4.79 Å². The lowest BCUT2D eigenvalue weighted by atomic mass is 9.99. The third-order valence-electron chi connectivity index (χ3n) is 5.22. The van der Waals surface area contributed by atoms with Gasteiger partial charge in [0.15, 0.2) is 0 Å². The summed E-state index contributed by atoms with van der Waals surface area (Å²) in [6.07, 6.45) is 4.59. The van der Waals surface area contributed by atoms with Crippen LogP contribution in [-0.4, -0.2) is 35.3 Å². The largest absolute Gasteiger partial charge is 0.341 e. The Labute approximate surface area is 147 Å². The number of rotatable bonds is 3. The van der Waals surface area contributed by atoms with Gasteiger partial charge in [-0.1, -0.05) is 30.3 Å². The van der Waals surface area contributed by atoms with Gasteiger partial charge in [-0.2, -0.15) is 0 Å². The number of hydrogen-bond donors (Lipinski definition) is 0. The number of thiophene rings is 1. The van der Waals surface area contributed by atoms with Gasteiger partial charge in [-0.05, 0) is 48.3 Å². The maximum atomic E-state index is 13.3. The highest BCUT2D eigenvalue weighted by atomic mass is 32.1. The van der Waals surface area contributed by atoms with E-state index >= 15 is 0 Å². The molecule has 4 heteroatoms. The highest BCUT2D eigenvalue weighted by Gasteiger charge is 2.33. The van der Waals surface area contributed by atoms with Crippen LogP contribution in [0, 0.1) is 0 Å². The maximum absolute atomic E-state index is 13.3. The summed E-state index contributed by atoms with van der Waals surface area (Å²) in [7, 11) is 0. The zero-order chi connectivity index (χ0) is 16.4. The Hall–Kier alpha value is -1.65. The summed E-state index contributed by atoms with van der Waals surface area (Å²) in [4.78, 5) is 19.3. The molecular formula is C20H24N2OS. The minimum Gasteiger partial charge on any atom is -0.341 e. The van der Waals surface area contributed by atoms with Gasteiger partial charge in [0.2, 0.25) is 5.91 Å². The number of piperidine rings is 1. The molecule has 0 unspecified atom stereocenters. The van der Waals surface area contributed by atoms with Crippen molar-refractivity contribution in [3.8, 4) is 0 Å². The summed E-state index contributed by atoms with van der Waals surface area (Å²) in [6, 6.07) is 12.4. The molecule has 0 aliphatic carbocycles. The van der Waals surface area contributed by atoms with Gasteiger partial charge < -0.3 is 4.90 Å². The molecule has 2 aromatic rings.